The fraction of sp³-hybridized carbons (Fsp3) is 0.750. The van der Waals surface area contributed by atoms with Gasteiger partial charge in [0.05, 0.1) is 5.69 Å². The van der Waals surface area contributed by atoms with E-state index in [0.29, 0.717) is 17.9 Å². The minimum absolute atomic E-state index is 0.383. The summed E-state index contributed by atoms with van der Waals surface area (Å²) < 4.78 is 0. The predicted molar refractivity (Wildman–Crippen MR) is 86.6 cm³/mol. The highest BCUT2D eigenvalue weighted by atomic mass is 15.3. The fourth-order valence-electron chi connectivity index (χ4n) is 3.44. The summed E-state index contributed by atoms with van der Waals surface area (Å²) in [6.45, 7) is 10.0. The van der Waals surface area contributed by atoms with Crippen molar-refractivity contribution >= 4 is 11.8 Å². The summed E-state index contributed by atoms with van der Waals surface area (Å²) in [5, 5.41) is 0. The van der Waals surface area contributed by atoms with Gasteiger partial charge in [0.1, 0.15) is 5.82 Å². The molecule has 2 N–H and O–H groups in total. The first-order chi connectivity index (χ1) is 10.0. The molecule has 0 radical (unpaired) electrons. The van der Waals surface area contributed by atoms with E-state index in [1.54, 1.807) is 0 Å². The van der Waals surface area contributed by atoms with E-state index in [-0.39, 0.29) is 0 Å². The smallest absolute Gasteiger partial charge is 0.222 e. The average molecular weight is 289 g/mol. The summed E-state index contributed by atoms with van der Waals surface area (Å²) >= 11 is 0. The van der Waals surface area contributed by atoms with Crippen molar-refractivity contribution in [2.45, 2.75) is 58.0 Å². The Kier molecular flexibility index (Phi) is 4.02. The quantitative estimate of drug-likeness (QED) is 0.925. The molecular formula is C16H27N5. The molecule has 2 aliphatic rings. The van der Waals surface area contributed by atoms with Crippen molar-refractivity contribution in [3.8, 4) is 0 Å². The van der Waals surface area contributed by atoms with Crippen LogP contribution in [0, 0.1) is 0 Å². The van der Waals surface area contributed by atoms with E-state index in [1.807, 2.05) is 0 Å². The first-order valence-electron chi connectivity index (χ1n) is 8.19. The van der Waals surface area contributed by atoms with Crippen LogP contribution in [0.15, 0.2) is 6.07 Å². The normalized spacial score (nSPS) is 24.4. The lowest BCUT2D eigenvalue weighted by Crippen LogP contribution is -2.62. The molecular weight excluding hydrogens is 262 g/mol. The molecule has 1 aromatic heterocycles. The van der Waals surface area contributed by atoms with Crippen molar-refractivity contribution in [1.29, 1.82) is 0 Å². The first kappa shape index (κ1) is 14.6. The van der Waals surface area contributed by atoms with E-state index in [2.05, 4.69) is 46.6 Å². The Hall–Kier alpha value is -1.36. The van der Waals surface area contributed by atoms with Gasteiger partial charge >= 0.3 is 0 Å². The van der Waals surface area contributed by atoms with Gasteiger partial charge in [0.15, 0.2) is 0 Å². The lowest BCUT2D eigenvalue weighted by molar-refractivity contribution is 0.0872. The summed E-state index contributed by atoms with van der Waals surface area (Å²) in [5.41, 5.74) is 6.89. The highest BCUT2D eigenvalue weighted by Crippen LogP contribution is 2.28. The van der Waals surface area contributed by atoms with E-state index in [1.165, 1.54) is 25.8 Å². The van der Waals surface area contributed by atoms with Gasteiger partial charge in [-0.1, -0.05) is 20.3 Å². The van der Waals surface area contributed by atoms with Crippen molar-refractivity contribution in [3.63, 3.8) is 0 Å². The van der Waals surface area contributed by atoms with Crippen LogP contribution in [-0.4, -0.2) is 46.6 Å². The molecule has 2 aliphatic heterocycles. The minimum Gasteiger partial charge on any atom is -0.368 e. The second-order valence-electron chi connectivity index (χ2n) is 6.81. The molecule has 2 saturated heterocycles. The topological polar surface area (TPSA) is 58.3 Å². The molecule has 0 unspecified atom stereocenters. The van der Waals surface area contributed by atoms with Gasteiger partial charge in [0.2, 0.25) is 5.95 Å². The lowest BCUT2D eigenvalue weighted by atomic mass is 9.97. The average Bonchev–Trinajstić information content (AvgIpc) is 2.38. The molecule has 1 aromatic rings. The molecule has 3 rings (SSSR count). The number of rotatable bonds is 3. The molecule has 1 atom stereocenters. The number of nitrogens with zero attached hydrogens (tertiary/aromatic N) is 4. The summed E-state index contributed by atoms with van der Waals surface area (Å²) in [6.07, 6.45) is 4.07. The molecule has 116 valence electrons. The van der Waals surface area contributed by atoms with Gasteiger partial charge < -0.3 is 10.6 Å². The lowest BCUT2D eigenvalue weighted by Gasteiger charge is -2.49. The van der Waals surface area contributed by atoms with Gasteiger partial charge in [-0.3, -0.25) is 4.90 Å². The van der Waals surface area contributed by atoms with Gasteiger partial charge in [0.25, 0.3) is 0 Å². The van der Waals surface area contributed by atoms with Gasteiger partial charge in [-0.25, -0.2) is 4.98 Å². The third-order valence-electron chi connectivity index (χ3n) is 4.85. The number of nitrogens with two attached hydrogens (primary N) is 1. The maximum absolute atomic E-state index is 5.85. The number of nitrogen functional groups attached to an aromatic ring is 1. The van der Waals surface area contributed by atoms with Crippen LogP contribution in [0.3, 0.4) is 0 Å². The second kappa shape index (κ2) is 5.79. The number of hydrogen-bond donors (Lipinski definition) is 1. The summed E-state index contributed by atoms with van der Waals surface area (Å²) in [6, 6.07) is 3.50. The Morgan fingerprint density at radius 2 is 2.00 bits per heavy atom. The third-order valence-corrected chi connectivity index (χ3v) is 4.85. The SMILES string of the molecule is CC(C)c1cc(N2CC(N3CCCC[C@@H]3C)C2)nc(N)n1. The number of piperidine rings is 1. The molecule has 0 aromatic carbocycles. The maximum atomic E-state index is 5.85. The van der Waals surface area contributed by atoms with Crippen LogP contribution in [-0.2, 0) is 0 Å². The summed E-state index contributed by atoms with van der Waals surface area (Å²) in [4.78, 5) is 13.7. The molecule has 0 spiro atoms. The fourth-order valence-corrected chi connectivity index (χ4v) is 3.44. The van der Waals surface area contributed by atoms with Gasteiger partial charge in [-0.2, -0.15) is 4.98 Å². The standard InChI is InChI=1S/C16H27N5/c1-11(2)14-8-15(19-16(17)18-14)20-9-13(10-20)21-7-5-4-6-12(21)3/h8,11-13H,4-7,9-10H2,1-3H3,(H2,17,18,19)/t12-/m0/s1. The van der Waals surface area contributed by atoms with Gasteiger partial charge in [-0.05, 0) is 32.2 Å². The number of aromatic nitrogens is 2. The van der Waals surface area contributed by atoms with E-state index in [4.69, 9.17) is 5.73 Å². The van der Waals surface area contributed by atoms with Crippen LogP contribution in [0.4, 0.5) is 11.8 Å². The molecule has 5 heteroatoms. The summed E-state index contributed by atoms with van der Waals surface area (Å²) in [7, 11) is 0. The highest BCUT2D eigenvalue weighted by molar-refractivity contribution is 5.47. The Balaban J connectivity index is 1.65. The van der Waals surface area contributed by atoms with Crippen LogP contribution in [0.5, 0.6) is 0 Å². The van der Waals surface area contributed by atoms with E-state index in [0.717, 1.165) is 30.6 Å². The van der Waals surface area contributed by atoms with Crippen molar-refractivity contribution in [3.05, 3.63) is 11.8 Å². The summed E-state index contributed by atoms with van der Waals surface area (Å²) in [5.74, 6) is 1.77. The molecule has 0 aliphatic carbocycles. The van der Waals surface area contributed by atoms with Gasteiger partial charge in [0, 0.05) is 31.2 Å². The monoisotopic (exact) mass is 289 g/mol. The molecule has 3 heterocycles. The van der Waals surface area contributed by atoms with Crippen LogP contribution in [0.25, 0.3) is 0 Å². The minimum atomic E-state index is 0.383. The number of likely N-dealkylation sites (tertiary alicyclic amines) is 1. The number of hydrogen-bond acceptors (Lipinski definition) is 5. The highest BCUT2D eigenvalue weighted by Gasteiger charge is 2.35. The molecule has 0 saturated carbocycles. The predicted octanol–water partition coefficient (Wildman–Crippen LogP) is 2.25. The largest absolute Gasteiger partial charge is 0.368 e. The van der Waals surface area contributed by atoms with Crippen molar-refractivity contribution in [2.75, 3.05) is 30.3 Å². The zero-order valence-electron chi connectivity index (χ0n) is 13.4. The maximum Gasteiger partial charge on any atom is 0.222 e. The van der Waals surface area contributed by atoms with Crippen molar-refractivity contribution in [2.24, 2.45) is 0 Å². The zero-order chi connectivity index (χ0) is 15.0. The Labute approximate surface area is 127 Å². The third kappa shape index (κ3) is 2.98. The van der Waals surface area contributed by atoms with E-state index in [9.17, 15) is 0 Å². The Bertz CT molecular complexity index is 495. The van der Waals surface area contributed by atoms with Crippen molar-refractivity contribution in [1.82, 2.24) is 14.9 Å². The molecule has 2 fully saturated rings. The zero-order valence-corrected chi connectivity index (χ0v) is 13.4. The first-order valence-corrected chi connectivity index (χ1v) is 8.19. The van der Waals surface area contributed by atoms with E-state index < -0.39 is 0 Å². The van der Waals surface area contributed by atoms with Crippen LogP contribution in [0.2, 0.25) is 0 Å². The van der Waals surface area contributed by atoms with Gasteiger partial charge in [-0.15, -0.1) is 0 Å². The molecule has 5 nitrogen and oxygen atoms in total. The van der Waals surface area contributed by atoms with Crippen molar-refractivity contribution < 1.29 is 0 Å². The molecule has 0 amide bonds. The van der Waals surface area contributed by atoms with Crippen LogP contribution in [0.1, 0.15) is 51.6 Å². The van der Waals surface area contributed by atoms with Crippen LogP contribution < -0.4 is 10.6 Å². The number of anilines is 2. The Morgan fingerprint density at radius 3 is 2.67 bits per heavy atom. The van der Waals surface area contributed by atoms with Crippen LogP contribution >= 0.6 is 0 Å². The molecule has 0 bridgehead atoms. The molecule has 21 heavy (non-hydrogen) atoms. The second-order valence-corrected chi connectivity index (χ2v) is 6.81. The Morgan fingerprint density at radius 1 is 1.24 bits per heavy atom. The van der Waals surface area contributed by atoms with E-state index >= 15 is 0 Å².